The van der Waals surface area contributed by atoms with Crippen LogP contribution in [0.4, 0.5) is 0 Å². The molecule has 4 rings (SSSR count). The van der Waals surface area contributed by atoms with Gasteiger partial charge in [-0.3, -0.25) is 0 Å². The number of carbonyl (C=O) groups is 2. The summed E-state index contributed by atoms with van der Waals surface area (Å²) in [7, 11) is 0. The zero-order chi connectivity index (χ0) is 36.8. The number of aliphatic carboxylic acids is 2. The minimum absolute atomic E-state index is 0.0308. The van der Waals surface area contributed by atoms with Gasteiger partial charge in [-0.25, -0.2) is 9.59 Å². The summed E-state index contributed by atoms with van der Waals surface area (Å²) in [4.78, 5) is 24.3. The summed E-state index contributed by atoms with van der Waals surface area (Å²) < 4.78 is 42.6. The fraction of sp³-hybridized carbons (Fsp3) is 0.882. The molecule has 0 bridgehead atoms. The van der Waals surface area contributed by atoms with Crippen LogP contribution in [-0.4, -0.2) is 146 Å². The SMILES string of the molecule is CCC(CC)(OC1CC(CO)OC(O[C@H]2C(O)CC(C(CC)(CC)OC3CC(O)OC(CO)C3)OC2C(=O)O)C1)C1CC(O)C=C(C(=O)O)O1. The molecule has 4 aliphatic rings. The number of aliphatic hydroxyl groups is 5. The van der Waals surface area contributed by atoms with Gasteiger partial charge in [0.05, 0.1) is 61.5 Å². The zero-order valence-corrected chi connectivity index (χ0v) is 29.3. The highest BCUT2D eigenvalue weighted by atomic mass is 16.7. The molecule has 7 N–H and O–H groups in total. The number of rotatable bonds is 16. The van der Waals surface area contributed by atoms with Crippen molar-refractivity contribution in [3.8, 4) is 0 Å². The van der Waals surface area contributed by atoms with E-state index >= 15 is 0 Å². The lowest BCUT2D eigenvalue weighted by molar-refractivity contribution is -0.309. The molecule has 0 aliphatic carbocycles. The van der Waals surface area contributed by atoms with Gasteiger partial charge in [0.25, 0.3) is 0 Å². The van der Waals surface area contributed by atoms with E-state index in [1.54, 1.807) is 0 Å². The minimum atomic E-state index is -1.61. The van der Waals surface area contributed by atoms with Crippen LogP contribution in [0.5, 0.6) is 0 Å². The van der Waals surface area contributed by atoms with Gasteiger partial charge in [0.2, 0.25) is 5.76 Å². The second-order valence-corrected chi connectivity index (χ2v) is 13.8. The van der Waals surface area contributed by atoms with Gasteiger partial charge in [-0.2, -0.15) is 0 Å². The molecule has 0 aromatic carbocycles. The van der Waals surface area contributed by atoms with E-state index in [2.05, 4.69) is 0 Å². The molecular weight excluding hydrogens is 664 g/mol. The third kappa shape index (κ3) is 9.33. The van der Waals surface area contributed by atoms with Crippen LogP contribution in [0.2, 0.25) is 0 Å². The summed E-state index contributed by atoms with van der Waals surface area (Å²) in [5.41, 5.74) is -2.05. The van der Waals surface area contributed by atoms with Crippen molar-refractivity contribution in [3.63, 3.8) is 0 Å². The van der Waals surface area contributed by atoms with Gasteiger partial charge in [0, 0.05) is 38.5 Å². The Morgan fingerprint density at radius 2 is 1.32 bits per heavy atom. The highest BCUT2D eigenvalue weighted by Crippen LogP contribution is 2.41. The molecule has 11 unspecified atom stereocenters. The van der Waals surface area contributed by atoms with Crippen molar-refractivity contribution in [2.75, 3.05) is 13.2 Å². The average Bonchev–Trinajstić information content (AvgIpc) is 3.09. The maximum atomic E-state index is 12.6. The van der Waals surface area contributed by atoms with E-state index in [0.717, 1.165) is 6.08 Å². The Bertz CT molecular complexity index is 1140. The molecule has 3 saturated heterocycles. The second-order valence-electron chi connectivity index (χ2n) is 13.8. The molecule has 50 heavy (non-hydrogen) atoms. The first-order valence-electron chi connectivity index (χ1n) is 17.8. The third-order valence-corrected chi connectivity index (χ3v) is 10.7. The predicted molar refractivity (Wildman–Crippen MR) is 172 cm³/mol. The lowest BCUT2D eigenvalue weighted by Gasteiger charge is -2.49. The number of carboxylic acid groups (broad SMARTS) is 2. The standard InChI is InChI=1S/C34H56O16/c1-5-33(6-2,25-10-18(37)9-24(46-25)31(40)41)50-20-12-22(17-36)45-28(14-20)48-29-23(38)15-26(47-30(29)32(42)43)34(7-3,8-4)49-19-11-21(16-35)44-27(39)13-19/h9,18-23,25-30,35-39H,5-8,10-17H2,1-4H3,(H,40,41)(H,42,43)/t18?,19?,20?,21?,22?,23?,25?,26?,27?,28?,29-,30?/m0/s1. The van der Waals surface area contributed by atoms with Crippen LogP contribution in [0, 0.1) is 0 Å². The molecule has 0 radical (unpaired) electrons. The van der Waals surface area contributed by atoms with Crippen LogP contribution in [0.1, 0.15) is 91.9 Å². The number of aliphatic hydroxyl groups excluding tert-OH is 5. The molecule has 288 valence electrons. The summed E-state index contributed by atoms with van der Waals surface area (Å²) in [6.45, 7) is 6.77. The average molecular weight is 721 g/mol. The van der Waals surface area contributed by atoms with Crippen LogP contribution in [0.15, 0.2) is 11.8 Å². The second kappa shape index (κ2) is 17.7. The first-order chi connectivity index (χ1) is 23.7. The summed E-state index contributed by atoms with van der Waals surface area (Å²) in [5.74, 6) is -3.04. The highest BCUT2D eigenvalue weighted by Gasteiger charge is 2.53. The van der Waals surface area contributed by atoms with Crippen molar-refractivity contribution >= 4 is 11.9 Å². The molecule has 16 nitrogen and oxygen atoms in total. The van der Waals surface area contributed by atoms with Crippen molar-refractivity contribution in [3.05, 3.63) is 11.8 Å². The first-order valence-corrected chi connectivity index (χ1v) is 17.8. The van der Waals surface area contributed by atoms with Gasteiger partial charge >= 0.3 is 11.9 Å². The molecular formula is C34H56O16. The van der Waals surface area contributed by atoms with E-state index in [-0.39, 0.29) is 44.5 Å². The van der Waals surface area contributed by atoms with Gasteiger partial charge < -0.3 is 68.9 Å². The van der Waals surface area contributed by atoms with Gasteiger partial charge in [0.1, 0.15) is 17.8 Å². The van der Waals surface area contributed by atoms with Crippen molar-refractivity contribution in [2.24, 2.45) is 0 Å². The first kappa shape index (κ1) is 40.8. The fourth-order valence-electron chi connectivity index (χ4n) is 7.84. The van der Waals surface area contributed by atoms with Gasteiger partial charge in [0.15, 0.2) is 18.7 Å². The van der Waals surface area contributed by atoms with Crippen LogP contribution in [0.25, 0.3) is 0 Å². The van der Waals surface area contributed by atoms with Crippen molar-refractivity contribution in [2.45, 2.75) is 177 Å². The topological polar surface area (TPSA) is 240 Å². The largest absolute Gasteiger partial charge is 0.480 e. The van der Waals surface area contributed by atoms with Crippen LogP contribution in [0.3, 0.4) is 0 Å². The lowest BCUT2D eigenvalue weighted by atomic mass is 9.82. The Hall–Kier alpha value is -1.96. The molecule has 0 amide bonds. The molecule has 0 aromatic rings. The Kier molecular flexibility index (Phi) is 14.5. The van der Waals surface area contributed by atoms with Crippen LogP contribution < -0.4 is 0 Å². The maximum absolute atomic E-state index is 12.6. The molecule has 4 aliphatic heterocycles. The minimum Gasteiger partial charge on any atom is -0.480 e. The fourth-order valence-corrected chi connectivity index (χ4v) is 7.84. The lowest BCUT2D eigenvalue weighted by Crippen LogP contribution is -2.61. The Morgan fingerprint density at radius 1 is 0.760 bits per heavy atom. The van der Waals surface area contributed by atoms with E-state index in [1.807, 2.05) is 27.7 Å². The van der Waals surface area contributed by atoms with Crippen molar-refractivity contribution in [1.29, 1.82) is 0 Å². The van der Waals surface area contributed by atoms with Crippen molar-refractivity contribution < 1.29 is 78.5 Å². The number of ether oxygens (including phenoxy) is 7. The maximum Gasteiger partial charge on any atom is 0.370 e. The van der Waals surface area contributed by atoms with Gasteiger partial charge in [-0.1, -0.05) is 27.7 Å². The van der Waals surface area contributed by atoms with Gasteiger partial charge in [-0.15, -0.1) is 0 Å². The highest BCUT2D eigenvalue weighted by molar-refractivity contribution is 5.84. The van der Waals surface area contributed by atoms with Crippen LogP contribution in [-0.2, 0) is 42.7 Å². The Balaban J connectivity index is 1.49. The van der Waals surface area contributed by atoms with E-state index in [9.17, 15) is 45.3 Å². The molecule has 12 atom stereocenters. The number of hydrogen-bond donors (Lipinski definition) is 7. The number of hydrogen-bond acceptors (Lipinski definition) is 14. The summed E-state index contributed by atoms with van der Waals surface area (Å²) in [6.07, 6.45) is -8.09. The summed E-state index contributed by atoms with van der Waals surface area (Å²) in [6, 6.07) is 0. The predicted octanol–water partition coefficient (Wildman–Crippen LogP) is 0.968. The monoisotopic (exact) mass is 720 g/mol. The third-order valence-electron chi connectivity index (χ3n) is 10.7. The molecule has 0 spiro atoms. The van der Waals surface area contributed by atoms with E-state index < -0.39 is 103 Å². The number of carboxylic acids is 2. The van der Waals surface area contributed by atoms with E-state index in [1.165, 1.54) is 0 Å². The molecule has 4 heterocycles. The molecule has 0 aromatic heterocycles. The van der Waals surface area contributed by atoms with E-state index in [4.69, 9.17) is 33.2 Å². The molecule has 16 heteroatoms. The Morgan fingerprint density at radius 3 is 1.86 bits per heavy atom. The molecule has 3 fully saturated rings. The van der Waals surface area contributed by atoms with E-state index in [0.29, 0.717) is 32.1 Å². The molecule has 0 saturated carbocycles. The summed E-state index contributed by atoms with van der Waals surface area (Å²) in [5, 5.41) is 71.5. The summed E-state index contributed by atoms with van der Waals surface area (Å²) >= 11 is 0. The smallest absolute Gasteiger partial charge is 0.370 e. The van der Waals surface area contributed by atoms with Crippen LogP contribution >= 0.6 is 0 Å². The normalized spacial score (nSPS) is 37.1. The van der Waals surface area contributed by atoms with Crippen molar-refractivity contribution in [1.82, 2.24) is 0 Å². The zero-order valence-electron chi connectivity index (χ0n) is 29.3. The van der Waals surface area contributed by atoms with Gasteiger partial charge in [-0.05, 0) is 31.8 Å². The Labute approximate surface area is 292 Å². The quantitative estimate of drug-likeness (QED) is 0.118.